The summed E-state index contributed by atoms with van der Waals surface area (Å²) in [6, 6.07) is 5.26. The van der Waals surface area contributed by atoms with E-state index in [1.54, 1.807) is 22.5 Å². The highest BCUT2D eigenvalue weighted by Crippen LogP contribution is 2.41. The Kier molecular flexibility index (Phi) is 8.81. The molecule has 0 amide bonds. The Morgan fingerprint density at radius 2 is 2.19 bits per heavy atom. The van der Waals surface area contributed by atoms with Gasteiger partial charge in [0, 0.05) is 21.5 Å². The van der Waals surface area contributed by atoms with Gasteiger partial charge in [0.25, 0.3) is 0 Å². The molecule has 0 spiro atoms. The molecule has 1 unspecified atom stereocenters. The number of nitrogens with zero attached hydrogens (tertiary/aromatic N) is 3. The first kappa shape index (κ1) is 24.4. The number of allylic oxidation sites excluding steroid dienone is 1. The number of thioether (sulfide) groups is 1. The van der Waals surface area contributed by atoms with E-state index in [0.29, 0.717) is 34.7 Å². The topological polar surface area (TPSA) is 78.3 Å². The van der Waals surface area contributed by atoms with Crippen LogP contribution in [0.25, 0.3) is 0 Å². The van der Waals surface area contributed by atoms with Crippen molar-refractivity contribution in [1.82, 2.24) is 14.8 Å². The van der Waals surface area contributed by atoms with Crippen LogP contribution in [-0.2, 0) is 9.53 Å². The van der Waals surface area contributed by atoms with Crippen LogP contribution in [0.3, 0.4) is 0 Å². The summed E-state index contributed by atoms with van der Waals surface area (Å²) in [5.41, 5.74) is 1.96. The van der Waals surface area contributed by atoms with Gasteiger partial charge in [-0.15, -0.1) is 5.10 Å². The zero-order valence-corrected chi connectivity index (χ0v) is 21.1. The fraction of sp³-hybridized carbons (Fsp3) is 0.435. The molecule has 7 nitrogen and oxygen atoms in total. The minimum atomic E-state index is -0.541. The molecule has 0 radical (unpaired) electrons. The minimum absolute atomic E-state index is 0.127. The average Bonchev–Trinajstić information content (AvgIpc) is 3.18. The van der Waals surface area contributed by atoms with Crippen LogP contribution in [0, 0.1) is 0 Å². The van der Waals surface area contributed by atoms with Gasteiger partial charge in [0.1, 0.15) is 18.4 Å². The maximum atomic E-state index is 13.1. The molecule has 1 atom stereocenters. The predicted molar refractivity (Wildman–Crippen MR) is 131 cm³/mol. The third-order valence-electron chi connectivity index (χ3n) is 4.84. The molecule has 1 aromatic heterocycles. The quantitative estimate of drug-likeness (QED) is 0.175. The fourth-order valence-corrected chi connectivity index (χ4v) is 4.63. The van der Waals surface area contributed by atoms with E-state index in [4.69, 9.17) is 14.6 Å². The third-order valence-corrected chi connectivity index (χ3v) is 6.26. The number of esters is 1. The summed E-state index contributed by atoms with van der Waals surface area (Å²) in [5.74, 6) is 1.80. The molecule has 0 saturated heterocycles. The molecule has 0 aliphatic carbocycles. The molecule has 172 valence electrons. The molecular formula is C23H29BrN4O3S. The van der Waals surface area contributed by atoms with Gasteiger partial charge in [-0.3, -0.25) is 0 Å². The summed E-state index contributed by atoms with van der Waals surface area (Å²) in [6.07, 6.45) is 4.62. The lowest BCUT2D eigenvalue weighted by Crippen LogP contribution is -2.30. The lowest BCUT2D eigenvalue weighted by atomic mass is 9.95. The number of hydrogen-bond acceptors (Lipinski definition) is 7. The van der Waals surface area contributed by atoms with Crippen molar-refractivity contribution >= 4 is 39.6 Å². The van der Waals surface area contributed by atoms with Crippen molar-refractivity contribution in [2.75, 3.05) is 24.3 Å². The first-order chi connectivity index (χ1) is 15.5. The highest BCUT2D eigenvalue weighted by molar-refractivity contribution is 9.10. The van der Waals surface area contributed by atoms with Crippen molar-refractivity contribution in [2.45, 2.75) is 51.2 Å². The highest BCUT2D eigenvalue weighted by atomic mass is 79.9. The van der Waals surface area contributed by atoms with Gasteiger partial charge in [-0.25, -0.2) is 9.48 Å². The zero-order chi connectivity index (χ0) is 23.1. The summed E-state index contributed by atoms with van der Waals surface area (Å²) < 4.78 is 14.1. The number of rotatable bonds is 11. The van der Waals surface area contributed by atoms with Crippen LogP contribution in [0.5, 0.6) is 5.75 Å². The number of benzene rings is 1. The summed E-state index contributed by atoms with van der Waals surface area (Å²) in [5, 5.41) is 8.66. The number of halogens is 1. The summed E-state index contributed by atoms with van der Waals surface area (Å²) in [7, 11) is 0. The van der Waals surface area contributed by atoms with E-state index in [1.165, 1.54) is 0 Å². The Labute approximate surface area is 201 Å². The van der Waals surface area contributed by atoms with Gasteiger partial charge in [-0.2, -0.15) is 4.98 Å². The molecule has 3 rings (SSSR count). The molecule has 0 saturated carbocycles. The van der Waals surface area contributed by atoms with Gasteiger partial charge in [0.15, 0.2) is 0 Å². The van der Waals surface area contributed by atoms with Crippen molar-refractivity contribution < 1.29 is 14.3 Å². The second-order valence-electron chi connectivity index (χ2n) is 7.35. The van der Waals surface area contributed by atoms with E-state index in [0.717, 1.165) is 35.1 Å². The first-order valence-corrected chi connectivity index (χ1v) is 12.5. The Morgan fingerprint density at radius 3 is 2.91 bits per heavy atom. The normalized spacial score (nSPS) is 15.2. The van der Waals surface area contributed by atoms with Crippen molar-refractivity contribution in [3.8, 4) is 5.75 Å². The Hall–Kier alpha value is -2.26. The molecule has 1 aliphatic heterocycles. The predicted octanol–water partition coefficient (Wildman–Crippen LogP) is 5.74. The summed E-state index contributed by atoms with van der Waals surface area (Å²) in [6.45, 7) is 10.4. The molecule has 1 aromatic carbocycles. The van der Waals surface area contributed by atoms with Crippen molar-refractivity contribution in [3.63, 3.8) is 0 Å². The van der Waals surface area contributed by atoms with E-state index in [1.807, 2.05) is 25.1 Å². The minimum Gasteiger partial charge on any atom is -0.493 e. The van der Waals surface area contributed by atoms with Gasteiger partial charge in [-0.1, -0.05) is 60.6 Å². The van der Waals surface area contributed by atoms with E-state index < -0.39 is 12.0 Å². The Morgan fingerprint density at radius 1 is 1.38 bits per heavy atom. The van der Waals surface area contributed by atoms with Crippen molar-refractivity contribution in [3.05, 3.63) is 52.2 Å². The maximum Gasteiger partial charge on any atom is 0.338 e. The number of anilines is 1. The van der Waals surface area contributed by atoms with Crippen LogP contribution < -0.4 is 10.1 Å². The summed E-state index contributed by atoms with van der Waals surface area (Å²) in [4.78, 5) is 17.8. The standard InChI is InChI=1S/C23H29BrN4O3S/c1-5-8-13-32-23-26-22-25-15(4)19(21(29)31-12-7-3)20(28(22)27-23)17-14-16(24)9-10-18(17)30-11-6-2/h7,9-10,14,20H,3,5-6,8,11-13H2,1-2,4H3,(H,25,26,27). The van der Waals surface area contributed by atoms with E-state index in [9.17, 15) is 4.79 Å². The second-order valence-corrected chi connectivity index (χ2v) is 9.33. The molecule has 9 heteroatoms. The second kappa shape index (κ2) is 11.6. The first-order valence-electron chi connectivity index (χ1n) is 10.8. The van der Waals surface area contributed by atoms with Gasteiger partial charge in [-0.05, 0) is 38.0 Å². The van der Waals surface area contributed by atoms with Gasteiger partial charge >= 0.3 is 5.97 Å². The number of aromatic nitrogens is 3. The molecule has 2 aromatic rings. The number of nitrogens with one attached hydrogen (secondary N) is 1. The van der Waals surface area contributed by atoms with E-state index in [2.05, 4.69) is 46.7 Å². The monoisotopic (exact) mass is 520 g/mol. The van der Waals surface area contributed by atoms with E-state index >= 15 is 0 Å². The summed E-state index contributed by atoms with van der Waals surface area (Å²) >= 11 is 5.18. The number of carbonyl (C=O) groups excluding carboxylic acids is 1. The molecule has 32 heavy (non-hydrogen) atoms. The van der Waals surface area contributed by atoms with Crippen molar-refractivity contribution in [1.29, 1.82) is 0 Å². The number of carbonyl (C=O) groups is 1. The Bertz CT molecular complexity index is 1010. The van der Waals surface area contributed by atoms with Crippen molar-refractivity contribution in [2.24, 2.45) is 0 Å². The van der Waals surface area contributed by atoms with Crippen LogP contribution in [0.4, 0.5) is 5.95 Å². The molecular weight excluding hydrogens is 492 g/mol. The smallest absolute Gasteiger partial charge is 0.338 e. The molecule has 1 aliphatic rings. The number of unbranched alkanes of at least 4 members (excludes halogenated alkanes) is 1. The highest BCUT2D eigenvalue weighted by Gasteiger charge is 2.37. The lowest BCUT2D eigenvalue weighted by molar-refractivity contribution is -0.138. The van der Waals surface area contributed by atoms with Crippen LogP contribution in [-0.4, -0.2) is 39.7 Å². The van der Waals surface area contributed by atoms with Crippen LogP contribution in [0.1, 0.15) is 51.6 Å². The van der Waals surface area contributed by atoms with Gasteiger partial charge in [0.2, 0.25) is 11.1 Å². The molecule has 0 fully saturated rings. The lowest BCUT2D eigenvalue weighted by Gasteiger charge is -2.29. The van der Waals surface area contributed by atoms with Gasteiger partial charge < -0.3 is 14.8 Å². The van der Waals surface area contributed by atoms with Crippen LogP contribution in [0.15, 0.2) is 51.8 Å². The number of ether oxygens (including phenoxy) is 2. The third kappa shape index (κ3) is 5.56. The molecule has 2 heterocycles. The Balaban J connectivity index is 2.11. The van der Waals surface area contributed by atoms with Crippen LogP contribution >= 0.6 is 27.7 Å². The molecule has 0 bridgehead atoms. The molecule has 1 N–H and O–H groups in total. The largest absolute Gasteiger partial charge is 0.493 e. The fourth-order valence-electron chi connectivity index (χ4n) is 3.34. The van der Waals surface area contributed by atoms with E-state index in [-0.39, 0.29) is 6.61 Å². The zero-order valence-electron chi connectivity index (χ0n) is 18.7. The van der Waals surface area contributed by atoms with Crippen LogP contribution in [0.2, 0.25) is 0 Å². The maximum absolute atomic E-state index is 13.1. The average molecular weight is 521 g/mol. The number of fused-ring (bicyclic) bond motifs is 1. The van der Waals surface area contributed by atoms with Gasteiger partial charge in [0.05, 0.1) is 12.2 Å². The SMILES string of the molecule is C=CCOC(=O)C1=C(C)Nc2nc(SCCCC)nn2C1c1cc(Br)ccc1OCCC. The number of hydrogen-bond donors (Lipinski definition) is 1.